The molecule has 0 radical (unpaired) electrons. The van der Waals surface area contributed by atoms with E-state index >= 15 is 0 Å². The molecule has 1 atom stereocenters. The average Bonchev–Trinajstić information content (AvgIpc) is 2.34. The summed E-state index contributed by atoms with van der Waals surface area (Å²) in [4.78, 5) is 35.1. The minimum atomic E-state index is -1.26. The molecule has 0 unspecified atom stereocenters. The number of amides is 3. The Kier molecular flexibility index (Phi) is 8.24. The van der Waals surface area contributed by atoms with Gasteiger partial charge in [-0.2, -0.15) is 0 Å². The molecule has 0 aliphatic carbocycles. The molecule has 0 saturated carbocycles. The van der Waals surface area contributed by atoms with E-state index in [1.807, 2.05) is 0 Å². The number of nitrogens with zero attached hydrogens (tertiary/aromatic N) is 1. The van der Waals surface area contributed by atoms with Gasteiger partial charge < -0.3 is 26.6 Å². The number of primary amides is 1. The second-order valence-electron chi connectivity index (χ2n) is 5.75. The summed E-state index contributed by atoms with van der Waals surface area (Å²) in [6.07, 6.45) is -1.42. The third-order valence-electron chi connectivity index (χ3n) is 2.64. The number of nitrogens with one attached hydrogen (secondary N) is 1. The van der Waals surface area contributed by atoms with Crippen molar-refractivity contribution in [2.45, 2.75) is 45.3 Å². The number of ether oxygens (including phenoxy) is 1. The van der Waals surface area contributed by atoms with Crippen LogP contribution in [0, 0.1) is 0 Å². The fourth-order valence-corrected chi connectivity index (χ4v) is 1.72. The molecule has 0 spiro atoms. The number of hydrogen-bond donors (Lipinski definition) is 4. The Bertz CT molecular complexity index is 394. The molecule has 0 aliphatic heterocycles. The Hall–Kier alpha value is -2.03. The molecule has 0 aliphatic rings. The van der Waals surface area contributed by atoms with Crippen molar-refractivity contribution in [1.29, 1.82) is 0 Å². The topological polar surface area (TPSA) is 148 Å². The summed E-state index contributed by atoms with van der Waals surface area (Å²) in [6, 6.07) is -1.03. The summed E-state index contributed by atoms with van der Waals surface area (Å²) in [5.41, 5.74) is 9.95. The first-order valence-electron chi connectivity index (χ1n) is 7.04. The average molecular weight is 318 g/mol. The zero-order valence-electron chi connectivity index (χ0n) is 13.3. The first-order chi connectivity index (χ1) is 10.1. The zero-order valence-corrected chi connectivity index (χ0v) is 13.3. The van der Waals surface area contributed by atoms with E-state index in [0.717, 1.165) is 4.90 Å². The molecule has 0 aromatic rings. The maximum absolute atomic E-state index is 11.5. The Morgan fingerprint density at radius 1 is 1.32 bits per heavy atom. The van der Waals surface area contributed by atoms with Crippen LogP contribution in [0.25, 0.3) is 0 Å². The van der Waals surface area contributed by atoms with E-state index in [4.69, 9.17) is 21.3 Å². The van der Waals surface area contributed by atoms with Gasteiger partial charge in [-0.1, -0.05) is 0 Å². The van der Waals surface area contributed by atoms with Gasteiger partial charge in [0, 0.05) is 13.1 Å². The second-order valence-corrected chi connectivity index (χ2v) is 5.75. The van der Waals surface area contributed by atoms with Gasteiger partial charge in [-0.15, -0.1) is 0 Å². The van der Waals surface area contributed by atoms with Gasteiger partial charge in [-0.25, -0.2) is 9.59 Å². The Morgan fingerprint density at radius 2 is 1.91 bits per heavy atom. The van der Waals surface area contributed by atoms with Gasteiger partial charge in [0.15, 0.2) is 0 Å². The molecule has 0 aromatic heterocycles. The lowest BCUT2D eigenvalue weighted by molar-refractivity contribution is -0.122. The summed E-state index contributed by atoms with van der Waals surface area (Å²) in [6.45, 7) is 5.62. The molecule has 0 aromatic carbocycles. The van der Waals surface area contributed by atoms with Crippen molar-refractivity contribution in [3.8, 4) is 0 Å². The van der Waals surface area contributed by atoms with Gasteiger partial charge in [0.05, 0.1) is 0 Å². The van der Waals surface area contributed by atoms with E-state index in [0.29, 0.717) is 13.0 Å². The smallest absolute Gasteiger partial charge is 0.407 e. The predicted octanol–water partition coefficient (Wildman–Crippen LogP) is 0.0839. The molecule has 128 valence electrons. The van der Waals surface area contributed by atoms with Gasteiger partial charge >= 0.3 is 12.2 Å². The van der Waals surface area contributed by atoms with E-state index in [-0.39, 0.29) is 19.5 Å². The molecule has 0 heterocycles. The minimum Gasteiger partial charge on any atom is -0.465 e. The molecule has 0 bridgehead atoms. The maximum atomic E-state index is 11.5. The first-order valence-corrected chi connectivity index (χ1v) is 7.04. The lowest BCUT2D eigenvalue weighted by Crippen LogP contribution is -2.49. The van der Waals surface area contributed by atoms with Crippen molar-refractivity contribution in [2.24, 2.45) is 11.5 Å². The van der Waals surface area contributed by atoms with Crippen LogP contribution in [-0.4, -0.2) is 59.4 Å². The highest BCUT2D eigenvalue weighted by atomic mass is 16.6. The third kappa shape index (κ3) is 8.30. The number of hydrogen-bond acceptors (Lipinski definition) is 5. The van der Waals surface area contributed by atoms with Crippen molar-refractivity contribution in [3.05, 3.63) is 0 Å². The molecule has 9 nitrogen and oxygen atoms in total. The summed E-state index contributed by atoms with van der Waals surface area (Å²) in [5, 5.41) is 11.6. The van der Waals surface area contributed by atoms with Crippen LogP contribution in [0.2, 0.25) is 0 Å². The summed E-state index contributed by atoms with van der Waals surface area (Å²) in [7, 11) is 0. The highest BCUT2D eigenvalue weighted by molar-refractivity contribution is 5.83. The van der Waals surface area contributed by atoms with Crippen molar-refractivity contribution in [1.82, 2.24) is 10.2 Å². The monoisotopic (exact) mass is 318 g/mol. The number of carbonyl (C=O) groups is 3. The number of nitrogens with two attached hydrogens (primary N) is 2. The molecular formula is C13H26N4O5. The maximum Gasteiger partial charge on any atom is 0.407 e. The van der Waals surface area contributed by atoms with Crippen molar-refractivity contribution in [2.75, 3.05) is 19.6 Å². The van der Waals surface area contributed by atoms with Crippen molar-refractivity contribution in [3.63, 3.8) is 0 Å². The molecule has 22 heavy (non-hydrogen) atoms. The van der Waals surface area contributed by atoms with Crippen molar-refractivity contribution < 1.29 is 24.2 Å². The molecule has 0 saturated heterocycles. The number of rotatable bonds is 8. The highest BCUT2D eigenvalue weighted by Crippen LogP contribution is 2.08. The first kappa shape index (κ1) is 20.0. The lowest BCUT2D eigenvalue weighted by Gasteiger charge is -2.27. The van der Waals surface area contributed by atoms with E-state index in [1.165, 1.54) is 0 Å². The van der Waals surface area contributed by atoms with E-state index in [2.05, 4.69) is 5.32 Å². The number of alkyl carbamates (subject to hydrolysis) is 1. The Balaban J connectivity index is 4.54. The zero-order chi connectivity index (χ0) is 17.3. The second kappa shape index (κ2) is 9.08. The number of carboxylic acid groups (broad SMARTS) is 1. The molecule has 0 rings (SSSR count). The molecule has 6 N–H and O–H groups in total. The van der Waals surface area contributed by atoms with Crippen LogP contribution in [-0.2, 0) is 9.53 Å². The van der Waals surface area contributed by atoms with E-state index in [9.17, 15) is 14.4 Å². The van der Waals surface area contributed by atoms with Crippen LogP contribution < -0.4 is 16.8 Å². The van der Waals surface area contributed by atoms with Crippen LogP contribution in [0.4, 0.5) is 9.59 Å². The van der Waals surface area contributed by atoms with E-state index < -0.39 is 29.7 Å². The molecule has 9 heteroatoms. The SMILES string of the molecule is CC(C)(C)OC(=O)NCC[C@@H](C(N)=O)N(CCCN)C(=O)O. The van der Waals surface area contributed by atoms with Gasteiger partial charge in [-0.3, -0.25) is 9.69 Å². The quantitative estimate of drug-likeness (QED) is 0.498. The predicted molar refractivity (Wildman–Crippen MR) is 80.2 cm³/mol. The highest BCUT2D eigenvalue weighted by Gasteiger charge is 2.27. The fourth-order valence-electron chi connectivity index (χ4n) is 1.72. The summed E-state index contributed by atoms with van der Waals surface area (Å²) >= 11 is 0. The normalized spacial score (nSPS) is 12.4. The standard InChI is InChI=1S/C13H26N4O5/c1-13(2,3)22-11(19)16-7-5-9(10(15)18)17(12(20)21)8-4-6-14/h9H,4-8,14H2,1-3H3,(H2,15,18)(H,16,19)(H,20,21)/t9-/m0/s1. The van der Waals surface area contributed by atoms with Gasteiger partial charge in [0.2, 0.25) is 5.91 Å². The largest absolute Gasteiger partial charge is 0.465 e. The third-order valence-corrected chi connectivity index (χ3v) is 2.64. The van der Waals surface area contributed by atoms with E-state index in [1.54, 1.807) is 20.8 Å². The van der Waals surface area contributed by atoms with Gasteiger partial charge in [-0.05, 0) is 40.2 Å². The Morgan fingerprint density at radius 3 is 2.32 bits per heavy atom. The van der Waals surface area contributed by atoms with Crippen LogP contribution >= 0.6 is 0 Å². The minimum absolute atomic E-state index is 0.0610. The molecular weight excluding hydrogens is 292 g/mol. The lowest BCUT2D eigenvalue weighted by atomic mass is 10.1. The molecule has 3 amide bonds. The van der Waals surface area contributed by atoms with Gasteiger partial charge in [0.1, 0.15) is 11.6 Å². The molecule has 0 fully saturated rings. The summed E-state index contributed by atoms with van der Waals surface area (Å²) < 4.78 is 5.04. The van der Waals surface area contributed by atoms with Gasteiger partial charge in [0.25, 0.3) is 0 Å². The number of carbonyl (C=O) groups excluding carboxylic acids is 2. The van der Waals surface area contributed by atoms with Crippen LogP contribution in [0.5, 0.6) is 0 Å². The van der Waals surface area contributed by atoms with Crippen LogP contribution in [0.1, 0.15) is 33.6 Å². The summed E-state index contributed by atoms with van der Waals surface area (Å²) in [5.74, 6) is -0.773. The van der Waals surface area contributed by atoms with Crippen LogP contribution in [0.15, 0.2) is 0 Å². The van der Waals surface area contributed by atoms with Crippen LogP contribution in [0.3, 0.4) is 0 Å². The Labute approximate surface area is 130 Å². The van der Waals surface area contributed by atoms with Crippen molar-refractivity contribution >= 4 is 18.1 Å². The fraction of sp³-hybridized carbons (Fsp3) is 0.769.